The summed E-state index contributed by atoms with van der Waals surface area (Å²) in [6.07, 6.45) is 3.73. The molecule has 0 saturated heterocycles. The summed E-state index contributed by atoms with van der Waals surface area (Å²) in [5.74, 6) is 0. The maximum absolute atomic E-state index is 4.31. The fourth-order valence-electron chi connectivity index (χ4n) is 1.46. The average Bonchev–Trinajstić information content (AvgIpc) is 2.75. The van der Waals surface area contributed by atoms with E-state index in [0.29, 0.717) is 0 Å². The number of thiazole rings is 1. The van der Waals surface area contributed by atoms with E-state index in [1.807, 2.05) is 37.8 Å². The molecule has 0 fully saturated rings. The Morgan fingerprint density at radius 2 is 2.20 bits per heavy atom. The lowest BCUT2D eigenvalue weighted by Gasteiger charge is -2.13. The molecular weight excluding hydrogens is 206 g/mol. The number of aromatic nitrogens is 2. The molecule has 2 heterocycles. The average molecular weight is 219 g/mol. The zero-order valence-corrected chi connectivity index (χ0v) is 9.58. The number of rotatable bonds is 3. The number of aryl methyl sites for hydroxylation is 1. The normalized spacial score (nSPS) is 12.7. The molecule has 15 heavy (non-hydrogen) atoms. The lowest BCUT2D eigenvalue weighted by Crippen LogP contribution is -2.17. The Morgan fingerprint density at radius 3 is 2.73 bits per heavy atom. The van der Waals surface area contributed by atoms with E-state index in [0.717, 1.165) is 16.3 Å². The van der Waals surface area contributed by atoms with Crippen molar-refractivity contribution in [2.75, 3.05) is 7.05 Å². The minimum Gasteiger partial charge on any atom is -0.307 e. The molecular formula is C11H13N3S. The lowest BCUT2D eigenvalue weighted by atomic mass is 10.1. The minimum atomic E-state index is 0.151. The predicted octanol–water partition coefficient (Wildman–Crippen LogP) is 2.16. The summed E-state index contributed by atoms with van der Waals surface area (Å²) in [6, 6.07) is 4.26. The van der Waals surface area contributed by atoms with Gasteiger partial charge in [-0.3, -0.25) is 4.98 Å². The van der Waals surface area contributed by atoms with Crippen molar-refractivity contribution in [1.29, 1.82) is 0 Å². The van der Waals surface area contributed by atoms with Crippen LogP contribution in [0.4, 0.5) is 0 Å². The second-order valence-electron chi connectivity index (χ2n) is 3.32. The van der Waals surface area contributed by atoms with Crippen molar-refractivity contribution in [3.8, 4) is 0 Å². The monoisotopic (exact) mass is 219 g/mol. The Morgan fingerprint density at radius 1 is 1.33 bits per heavy atom. The van der Waals surface area contributed by atoms with Crippen molar-refractivity contribution in [2.45, 2.75) is 13.0 Å². The summed E-state index contributed by atoms with van der Waals surface area (Å²) in [4.78, 5) is 8.61. The summed E-state index contributed by atoms with van der Waals surface area (Å²) >= 11 is 1.65. The standard InChI is InChI=1S/C11H13N3S/c1-8-3-4-9(7-14-8)10(12-2)11-13-5-6-15-11/h3-7,10,12H,1-2H3. The molecule has 78 valence electrons. The molecule has 1 unspecified atom stereocenters. The van der Waals surface area contributed by atoms with E-state index in [9.17, 15) is 0 Å². The summed E-state index contributed by atoms with van der Waals surface area (Å²) in [5.41, 5.74) is 2.19. The first-order valence-corrected chi connectivity index (χ1v) is 5.68. The minimum absolute atomic E-state index is 0.151. The molecule has 0 aromatic carbocycles. The van der Waals surface area contributed by atoms with Crippen LogP contribution in [0, 0.1) is 6.92 Å². The van der Waals surface area contributed by atoms with Crippen LogP contribution in [0.15, 0.2) is 29.9 Å². The molecule has 1 atom stereocenters. The summed E-state index contributed by atoms with van der Waals surface area (Å²) in [5, 5.41) is 6.31. The van der Waals surface area contributed by atoms with Crippen LogP contribution in [0.2, 0.25) is 0 Å². The Balaban J connectivity index is 2.31. The first-order chi connectivity index (χ1) is 7.31. The van der Waals surface area contributed by atoms with E-state index in [1.54, 1.807) is 11.3 Å². The summed E-state index contributed by atoms with van der Waals surface area (Å²) in [6.45, 7) is 1.99. The Kier molecular flexibility index (Phi) is 3.08. The van der Waals surface area contributed by atoms with Crippen LogP contribution in [0.3, 0.4) is 0 Å². The third kappa shape index (κ3) is 2.22. The van der Waals surface area contributed by atoms with Gasteiger partial charge in [-0.1, -0.05) is 6.07 Å². The highest BCUT2D eigenvalue weighted by molar-refractivity contribution is 7.09. The van der Waals surface area contributed by atoms with Crippen molar-refractivity contribution in [3.05, 3.63) is 46.2 Å². The predicted molar refractivity (Wildman–Crippen MR) is 62.0 cm³/mol. The fraction of sp³-hybridized carbons (Fsp3) is 0.273. The van der Waals surface area contributed by atoms with Gasteiger partial charge >= 0.3 is 0 Å². The second kappa shape index (κ2) is 4.51. The van der Waals surface area contributed by atoms with E-state index in [-0.39, 0.29) is 6.04 Å². The lowest BCUT2D eigenvalue weighted by molar-refractivity contribution is 0.683. The molecule has 0 aliphatic rings. The topological polar surface area (TPSA) is 37.8 Å². The smallest absolute Gasteiger partial charge is 0.114 e. The van der Waals surface area contributed by atoms with E-state index >= 15 is 0 Å². The van der Waals surface area contributed by atoms with Gasteiger partial charge in [-0.05, 0) is 25.6 Å². The van der Waals surface area contributed by atoms with Gasteiger partial charge in [0, 0.05) is 23.5 Å². The third-order valence-electron chi connectivity index (χ3n) is 2.25. The maximum Gasteiger partial charge on any atom is 0.114 e. The van der Waals surface area contributed by atoms with E-state index < -0.39 is 0 Å². The van der Waals surface area contributed by atoms with Gasteiger partial charge in [-0.25, -0.2) is 4.98 Å². The highest BCUT2D eigenvalue weighted by Gasteiger charge is 2.14. The Bertz CT molecular complexity index is 408. The van der Waals surface area contributed by atoms with E-state index in [1.165, 1.54) is 0 Å². The van der Waals surface area contributed by atoms with Crippen LogP contribution in [0.25, 0.3) is 0 Å². The summed E-state index contributed by atoms with van der Waals surface area (Å²) < 4.78 is 0. The van der Waals surface area contributed by atoms with Crippen LogP contribution in [0.1, 0.15) is 22.3 Å². The fourth-order valence-corrected chi connectivity index (χ4v) is 2.23. The largest absolute Gasteiger partial charge is 0.307 e. The molecule has 2 rings (SSSR count). The first kappa shape index (κ1) is 10.3. The molecule has 4 heteroatoms. The summed E-state index contributed by atoms with van der Waals surface area (Å²) in [7, 11) is 1.94. The number of nitrogens with one attached hydrogen (secondary N) is 1. The molecule has 2 aromatic heterocycles. The van der Waals surface area contributed by atoms with Crippen molar-refractivity contribution < 1.29 is 0 Å². The van der Waals surface area contributed by atoms with Gasteiger partial charge in [0.15, 0.2) is 0 Å². The maximum atomic E-state index is 4.31. The van der Waals surface area contributed by atoms with Gasteiger partial charge in [0.05, 0.1) is 6.04 Å². The van der Waals surface area contributed by atoms with Crippen LogP contribution < -0.4 is 5.32 Å². The van der Waals surface area contributed by atoms with Crippen molar-refractivity contribution in [1.82, 2.24) is 15.3 Å². The van der Waals surface area contributed by atoms with Crippen LogP contribution in [0.5, 0.6) is 0 Å². The van der Waals surface area contributed by atoms with Crippen LogP contribution >= 0.6 is 11.3 Å². The molecule has 3 nitrogen and oxygen atoms in total. The number of nitrogens with zero attached hydrogens (tertiary/aromatic N) is 2. The third-order valence-corrected chi connectivity index (χ3v) is 3.10. The van der Waals surface area contributed by atoms with E-state index in [2.05, 4.69) is 21.4 Å². The molecule has 0 bridgehead atoms. The van der Waals surface area contributed by atoms with Gasteiger partial charge in [0.25, 0.3) is 0 Å². The van der Waals surface area contributed by atoms with Gasteiger partial charge in [-0.2, -0.15) is 0 Å². The molecule has 0 aliphatic heterocycles. The quantitative estimate of drug-likeness (QED) is 0.859. The molecule has 0 radical (unpaired) electrons. The molecule has 0 amide bonds. The number of hydrogen-bond acceptors (Lipinski definition) is 4. The highest BCUT2D eigenvalue weighted by Crippen LogP contribution is 2.22. The highest BCUT2D eigenvalue weighted by atomic mass is 32.1. The van der Waals surface area contributed by atoms with Crippen molar-refractivity contribution >= 4 is 11.3 Å². The van der Waals surface area contributed by atoms with Gasteiger partial charge < -0.3 is 5.32 Å². The number of hydrogen-bond donors (Lipinski definition) is 1. The molecule has 1 N–H and O–H groups in total. The second-order valence-corrected chi connectivity index (χ2v) is 4.25. The van der Waals surface area contributed by atoms with Crippen molar-refractivity contribution in [3.63, 3.8) is 0 Å². The van der Waals surface area contributed by atoms with Gasteiger partial charge in [0.2, 0.25) is 0 Å². The molecule has 0 saturated carbocycles. The zero-order chi connectivity index (χ0) is 10.7. The SMILES string of the molecule is CNC(c1ccc(C)nc1)c1nccs1. The van der Waals surface area contributed by atoms with Crippen LogP contribution in [-0.4, -0.2) is 17.0 Å². The van der Waals surface area contributed by atoms with Crippen LogP contribution in [-0.2, 0) is 0 Å². The van der Waals surface area contributed by atoms with Crippen molar-refractivity contribution in [2.24, 2.45) is 0 Å². The molecule has 0 spiro atoms. The van der Waals surface area contributed by atoms with Gasteiger partial charge in [0.1, 0.15) is 5.01 Å². The first-order valence-electron chi connectivity index (χ1n) is 4.80. The van der Waals surface area contributed by atoms with Gasteiger partial charge in [-0.15, -0.1) is 11.3 Å². The molecule has 0 aliphatic carbocycles. The molecule has 2 aromatic rings. The number of pyridine rings is 1. The Hall–Kier alpha value is -1.26. The Labute approximate surface area is 93.2 Å². The zero-order valence-electron chi connectivity index (χ0n) is 8.77. The van der Waals surface area contributed by atoms with E-state index in [4.69, 9.17) is 0 Å².